The van der Waals surface area contributed by atoms with Crippen molar-refractivity contribution in [3.05, 3.63) is 52.2 Å². The van der Waals surface area contributed by atoms with Gasteiger partial charge in [-0.05, 0) is 35.7 Å². The largest absolute Gasteiger partial charge is 0.492 e. The average molecular weight is 357 g/mol. The minimum absolute atomic E-state index is 0.311. The lowest BCUT2D eigenvalue weighted by atomic mass is 10.2. The number of alkyl halides is 3. The number of benzene rings is 1. The number of thiophene rings is 1. The predicted molar refractivity (Wildman–Crippen MR) is 89.5 cm³/mol. The summed E-state index contributed by atoms with van der Waals surface area (Å²) in [6, 6.07) is 8.64. The third-order valence-corrected chi connectivity index (χ3v) is 3.96. The van der Waals surface area contributed by atoms with E-state index in [0.717, 1.165) is 12.1 Å². The molecule has 0 fully saturated rings. The quantitative estimate of drug-likeness (QED) is 0.472. The van der Waals surface area contributed by atoms with Gasteiger partial charge in [-0.1, -0.05) is 6.07 Å². The van der Waals surface area contributed by atoms with E-state index in [0.29, 0.717) is 31.4 Å². The fourth-order valence-corrected chi connectivity index (χ4v) is 2.53. The van der Waals surface area contributed by atoms with Crippen molar-refractivity contribution in [1.29, 1.82) is 0 Å². The van der Waals surface area contributed by atoms with Gasteiger partial charge in [0.25, 0.3) is 0 Å². The van der Waals surface area contributed by atoms with Crippen molar-refractivity contribution >= 4 is 17.3 Å². The van der Waals surface area contributed by atoms with Crippen LogP contribution in [-0.2, 0) is 12.7 Å². The van der Waals surface area contributed by atoms with Gasteiger partial charge in [-0.3, -0.25) is 4.99 Å². The van der Waals surface area contributed by atoms with E-state index in [9.17, 15) is 13.2 Å². The van der Waals surface area contributed by atoms with Gasteiger partial charge in [0.1, 0.15) is 12.4 Å². The Kier molecular flexibility index (Phi) is 6.48. The van der Waals surface area contributed by atoms with Gasteiger partial charge in [0.2, 0.25) is 0 Å². The molecule has 0 unspecified atom stereocenters. The van der Waals surface area contributed by atoms with E-state index in [1.807, 2.05) is 17.5 Å². The summed E-state index contributed by atoms with van der Waals surface area (Å²) in [5.41, 5.74) is -0.689. The molecule has 0 saturated carbocycles. The molecule has 1 aromatic carbocycles. The van der Waals surface area contributed by atoms with Gasteiger partial charge < -0.3 is 15.4 Å². The molecule has 2 aromatic rings. The van der Waals surface area contributed by atoms with E-state index in [1.54, 1.807) is 18.4 Å². The highest BCUT2D eigenvalue weighted by Gasteiger charge is 2.29. The molecule has 0 aliphatic rings. The van der Waals surface area contributed by atoms with Crippen LogP contribution in [0.4, 0.5) is 13.2 Å². The summed E-state index contributed by atoms with van der Waals surface area (Å²) in [4.78, 5) is 5.28. The molecular formula is C16H18F3N3OS. The van der Waals surface area contributed by atoms with E-state index >= 15 is 0 Å². The van der Waals surface area contributed by atoms with Crippen molar-refractivity contribution in [3.63, 3.8) is 0 Å². The lowest BCUT2D eigenvalue weighted by Gasteiger charge is -2.12. The minimum Gasteiger partial charge on any atom is -0.492 e. The fraction of sp³-hybridized carbons (Fsp3) is 0.312. The molecule has 0 saturated heterocycles. The predicted octanol–water partition coefficient (Wildman–Crippen LogP) is 3.51. The van der Waals surface area contributed by atoms with Gasteiger partial charge >= 0.3 is 6.18 Å². The Balaban J connectivity index is 1.69. The van der Waals surface area contributed by atoms with Crippen LogP contribution in [0.25, 0.3) is 0 Å². The number of ether oxygens (including phenoxy) is 1. The van der Waals surface area contributed by atoms with Gasteiger partial charge in [0, 0.05) is 11.9 Å². The third kappa shape index (κ3) is 5.77. The maximum absolute atomic E-state index is 12.5. The molecule has 4 nitrogen and oxygen atoms in total. The lowest BCUT2D eigenvalue weighted by Crippen LogP contribution is -2.38. The summed E-state index contributed by atoms with van der Waals surface area (Å²) in [6.45, 7) is 1.47. The van der Waals surface area contributed by atoms with Gasteiger partial charge in [0.05, 0.1) is 18.7 Å². The van der Waals surface area contributed by atoms with Crippen molar-refractivity contribution in [2.45, 2.75) is 12.7 Å². The molecule has 0 aliphatic carbocycles. The Bertz CT molecular complexity index is 640. The average Bonchev–Trinajstić information content (AvgIpc) is 3.07. The summed E-state index contributed by atoms with van der Waals surface area (Å²) in [7, 11) is 1.67. The first kappa shape index (κ1) is 18.1. The monoisotopic (exact) mass is 357 g/mol. The zero-order valence-corrected chi connectivity index (χ0v) is 13.9. The zero-order valence-electron chi connectivity index (χ0n) is 13.1. The number of halogens is 3. The van der Waals surface area contributed by atoms with E-state index in [4.69, 9.17) is 4.74 Å². The number of guanidine groups is 1. The number of nitrogens with zero attached hydrogens (tertiary/aromatic N) is 1. The molecule has 0 bridgehead atoms. The standard InChI is InChI=1S/C16H18F3N3OS/c1-20-15(22-11-14-3-2-10-24-14)21-8-9-23-13-6-4-12(5-7-13)16(17,18)19/h2-7,10H,8-9,11H2,1H3,(H2,20,21,22). The maximum atomic E-state index is 12.5. The number of rotatable bonds is 6. The van der Waals surface area contributed by atoms with Crippen molar-refractivity contribution in [3.8, 4) is 5.75 Å². The topological polar surface area (TPSA) is 45.7 Å². The van der Waals surface area contributed by atoms with Crippen LogP contribution in [-0.4, -0.2) is 26.2 Å². The van der Waals surface area contributed by atoms with E-state index in [2.05, 4.69) is 15.6 Å². The van der Waals surface area contributed by atoms with Crippen LogP contribution in [0.1, 0.15) is 10.4 Å². The van der Waals surface area contributed by atoms with Gasteiger partial charge in [-0.15, -0.1) is 11.3 Å². The first-order valence-electron chi connectivity index (χ1n) is 7.26. The molecule has 1 aromatic heterocycles. The number of aliphatic imine (C=N–C) groups is 1. The van der Waals surface area contributed by atoms with Crippen LogP contribution in [0.15, 0.2) is 46.8 Å². The van der Waals surface area contributed by atoms with Crippen LogP contribution >= 0.6 is 11.3 Å². The van der Waals surface area contributed by atoms with Crippen molar-refractivity contribution in [1.82, 2.24) is 10.6 Å². The Morgan fingerprint density at radius 2 is 1.92 bits per heavy atom. The number of hydrogen-bond acceptors (Lipinski definition) is 3. The summed E-state index contributed by atoms with van der Waals surface area (Å²) in [5, 5.41) is 8.24. The van der Waals surface area contributed by atoms with E-state index in [1.165, 1.54) is 17.0 Å². The number of hydrogen-bond donors (Lipinski definition) is 2. The highest BCUT2D eigenvalue weighted by molar-refractivity contribution is 7.09. The molecule has 0 radical (unpaired) electrons. The minimum atomic E-state index is -4.33. The van der Waals surface area contributed by atoms with Crippen LogP contribution in [0, 0.1) is 0 Å². The van der Waals surface area contributed by atoms with Crippen molar-refractivity contribution in [2.75, 3.05) is 20.2 Å². The van der Waals surface area contributed by atoms with Crippen LogP contribution < -0.4 is 15.4 Å². The Morgan fingerprint density at radius 3 is 2.50 bits per heavy atom. The Morgan fingerprint density at radius 1 is 1.17 bits per heavy atom. The van der Waals surface area contributed by atoms with Crippen LogP contribution in [0.3, 0.4) is 0 Å². The molecule has 24 heavy (non-hydrogen) atoms. The molecule has 1 heterocycles. The second-order valence-electron chi connectivity index (χ2n) is 4.80. The molecule has 0 amide bonds. The molecule has 8 heteroatoms. The van der Waals surface area contributed by atoms with Crippen LogP contribution in [0.2, 0.25) is 0 Å². The first-order chi connectivity index (χ1) is 11.5. The van der Waals surface area contributed by atoms with E-state index in [-0.39, 0.29) is 0 Å². The number of nitrogens with one attached hydrogen (secondary N) is 2. The summed E-state index contributed by atoms with van der Waals surface area (Å²) < 4.78 is 42.8. The molecule has 2 rings (SSSR count). The zero-order chi connectivity index (χ0) is 17.4. The lowest BCUT2D eigenvalue weighted by molar-refractivity contribution is -0.137. The Hall–Kier alpha value is -2.22. The molecule has 0 spiro atoms. The SMILES string of the molecule is CN=C(NCCOc1ccc(C(F)(F)F)cc1)NCc1cccs1. The van der Waals surface area contributed by atoms with Gasteiger partial charge in [0.15, 0.2) is 5.96 Å². The highest BCUT2D eigenvalue weighted by atomic mass is 32.1. The summed E-state index contributed by atoms with van der Waals surface area (Å²) in [5.74, 6) is 1.03. The summed E-state index contributed by atoms with van der Waals surface area (Å²) in [6.07, 6.45) is -4.33. The molecule has 2 N–H and O–H groups in total. The fourth-order valence-electron chi connectivity index (χ4n) is 1.88. The molecular weight excluding hydrogens is 339 g/mol. The molecule has 130 valence electrons. The first-order valence-corrected chi connectivity index (χ1v) is 8.14. The second kappa shape index (κ2) is 8.58. The van der Waals surface area contributed by atoms with Gasteiger partial charge in [-0.2, -0.15) is 13.2 Å². The van der Waals surface area contributed by atoms with Crippen molar-refractivity contribution in [2.24, 2.45) is 4.99 Å². The smallest absolute Gasteiger partial charge is 0.416 e. The highest BCUT2D eigenvalue weighted by Crippen LogP contribution is 2.30. The van der Waals surface area contributed by atoms with Gasteiger partial charge in [-0.25, -0.2) is 0 Å². The maximum Gasteiger partial charge on any atom is 0.416 e. The van der Waals surface area contributed by atoms with Crippen molar-refractivity contribution < 1.29 is 17.9 Å². The third-order valence-electron chi connectivity index (χ3n) is 3.08. The normalized spacial score (nSPS) is 12.1. The summed E-state index contributed by atoms with van der Waals surface area (Å²) >= 11 is 1.65. The second-order valence-corrected chi connectivity index (χ2v) is 5.83. The molecule has 0 atom stereocenters. The van der Waals surface area contributed by atoms with E-state index < -0.39 is 11.7 Å². The Labute approximate surface area is 142 Å². The van der Waals surface area contributed by atoms with Crippen LogP contribution in [0.5, 0.6) is 5.75 Å². The molecule has 0 aliphatic heterocycles.